The number of rotatable bonds is 3. The summed E-state index contributed by atoms with van der Waals surface area (Å²) in [5, 5.41) is 0. The predicted molar refractivity (Wildman–Crippen MR) is 102 cm³/mol. The van der Waals surface area contributed by atoms with Crippen LogP contribution in [-0.2, 0) is 6.42 Å². The van der Waals surface area contributed by atoms with E-state index in [1.165, 1.54) is 29.7 Å². The molecule has 136 valence electrons. The van der Waals surface area contributed by atoms with Crippen molar-refractivity contribution in [3.8, 4) is 11.5 Å². The Labute approximate surface area is 155 Å². The van der Waals surface area contributed by atoms with Crippen LogP contribution in [0, 0.1) is 0 Å². The van der Waals surface area contributed by atoms with Gasteiger partial charge in [0, 0.05) is 31.2 Å². The monoisotopic (exact) mass is 350 g/mol. The third kappa shape index (κ3) is 2.78. The maximum absolute atomic E-state index is 5.77. The fourth-order valence-corrected chi connectivity index (χ4v) is 4.77. The zero-order chi connectivity index (χ0) is 17.5. The summed E-state index contributed by atoms with van der Waals surface area (Å²) in [6.45, 7) is 4.87. The van der Waals surface area contributed by atoms with Crippen LogP contribution in [0.15, 0.2) is 42.5 Å². The summed E-state index contributed by atoms with van der Waals surface area (Å²) in [5.74, 6) is 2.57. The third-order valence-corrected chi connectivity index (χ3v) is 6.26. The molecule has 0 amide bonds. The Morgan fingerprint density at radius 3 is 2.81 bits per heavy atom. The smallest absolute Gasteiger partial charge is 0.231 e. The fraction of sp³-hybridized carbons (Fsp3) is 0.455. The first-order valence-electron chi connectivity index (χ1n) is 9.68. The van der Waals surface area contributed by atoms with Gasteiger partial charge in [0.05, 0.1) is 0 Å². The summed E-state index contributed by atoms with van der Waals surface area (Å²) < 4.78 is 11.3. The summed E-state index contributed by atoms with van der Waals surface area (Å²) in [5.41, 5.74) is 4.27. The second kappa shape index (κ2) is 6.60. The van der Waals surface area contributed by atoms with Crippen molar-refractivity contribution in [1.29, 1.82) is 0 Å². The average molecular weight is 350 g/mol. The van der Waals surface area contributed by atoms with E-state index in [4.69, 9.17) is 9.47 Å². The SMILES string of the molecule is CN1CCc2c(ccc3c2OCO3)[C@@H]1CN1CC[C@H](c2ccccc2)C1. The number of benzene rings is 2. The molecule has 1 saturated heterocycles. The minimum atomic E-state index is 0.358. The lowest BCUT2D eigenvalue weighted by atomic mass is 9.91. The van der Waals surface area contributed by atoms with E-state index in [1.807, 2.05) is 0 Å². The molecule has 0 saturated carbocycles. The molecule has 5 rings (SSSR count). The van der Waals surface area contributed by atoms with Crippen LogP contribution in [0.5, 0.6) is 11.5 Å². The van der Waals surface area contributed by atoms with E-state index in [0.717, 1.165) is 37.6 Å². The van der Waals surface area contributed by atoms with Gasteiger partial charge in [-0.1, -0.05) is 36.4 Å². The summed E-state index contributed by atoms with van der Waals surface area (Å²) >= 11 is 0. The molecule has 4 heteroatoms. The van der Waals surface area contributed by atoms with Gasteiger partial charge < -0.3 is 14.4 Å². The maximum atomic E-state index is 5.77. The van der Waals surface area contributed by atoms with Crippen LogP contribution >= 0.6 is 0 Å². The van der Waals surface area contributed by atoms with Crippen molar-refractivity contribution < 1.29 is 9.47 Å². The van der Waals surface area contributed by atoms with Crippen LogP contribution in [-0.4, -0.2) is 49.8 Å². The maximum Gasteiger partial charge on any atom is 0.231 e. The minimum Gasteiger partial charge on any atom is -0.454 e. The molecule has 0 aliphatic carbocycles. The zero-order valence-corrected chi connectivity index (χ0v) is 15.4. The summed E-state index contributed by atoms with van der Waals surface area (Å²) in [7, 11) is 2.25. The lowest BCUT2D eigenvalue weighted by Crippen LogP contribution is -2.39. The second-order valence-electron chi connectivity index (χ2n) is 7.77. The molecule has 0 aromatic heterocycles. The van der Waals surface area contributed by atoms with E-state index in [0.29, 0.717) is 18.8 Å². The van der Waals surface area contributed by atoms with Crippen LogP contribution in [0.2, 0.25) is 0 Å². The number of ether oxygens (including phenoxy) is 2. The van der Waals surface area contributed by atoms with Crippen molar-refractivity contribution in [1.82, 2.24) is 9.80 Å². The number of hydrogen-bond acceptors (Lipinski definition) is 4. The van der Waals surface area contributed by atoms with Gasteiger partial charge in [-0.25, -0.2) is 0 Å². The summed E-state index contributed by atoms with van der Waals surface area (Å²) in [4.78, 5) is 5.14. The molecule has 2 atom stereocenters. The second-order valence-corrected chi connectivity index (χ2v) is 7.77. The number of likely N-dealkylation sites (tertiary alicyclic amines) is 1. The highest BCUT2D eigenvalue weighted by Crippen LogP contribution is 2.43. The molecule has 3 aliphatic rings. The van der Waals surface area contributed by atoms with Gasteiger partial charge >= 0.3 is 0 Å². The predicted octanol–water partition coefficient (Wildman–Crippen LogP) is 3.43. The van der Waals surface area contributed by atoms with Crippen LogP contribution in [0.4, 0.5) is 0 Å². The van der Waals surface area contributed by atoms with Crippen molar-refractivity contribution in [2.24, 2.45) is 0 Å². The van der Waals surface area contributed by atoms with Crippen molar-refractivity contribution in [3.63, 3.8) is 0 Å². The van der Waals surface area contributed by atoms with Gasteiger partial charge in [0.25, 0.3) is 0 Å². The molecule has 0 N–H and O–H groups in total. The molecule has 2 aromatic rings. The Bertz CT molecular complexity index is 792. The first-order valence-corrected chi connectivity index (χ1v) is 9.68. The molecule has 3 heterocycles. The molecule has 0 spiro atoms. The van der Waals surface area contributed by atoms with Crippen molar-refractivity contribution in [3.05, 3.63) is 59.2 Å². The highest BCUT2D eigenvalue weighted by Gasteiger charge is 2.33. The highest BCUT2D eigenvalue weighted by atomic mass is 16.7. The van der Waals surface area contributed by atoms with Crippen LogP contribution in [0.1, 0.15) is 35.1 Å². The molecular weight excluding hydrogens is 324 g/mol. The highest BCUT2D eigenvalue weighted by molar-refractivity contribution is 5.54. The fourth-order valence-electron chi connectivity index (χ4n) is 4.77. The third-order valence-electron chi connectivity index (χ3n) is 6.26. The van der Waals surface area contributed by atoms with E-state index in [9.17, 15) is 0 Å². The number of likely N-dealkylation sites (N-methyl/N-ethyl adjacent to an activating group) is 1. The van der Waals surface area contributed by atoms with Gasteiger partial charge in [0.1, 0.15) is 0 Å². The Morgan fingerprint density at radius 2 is 1.92 bits per heavy atom. The normalized spacial score (nSPS) is 25.4. The first kappa shape index (κ1) is 16.2. The van der Waals surface area contributed by atoms with Gasteiger partial charge in [-0.15, -0.1) is 0 Å². The van der Waals surface area contributed by atoms with Gasteiger partial charge in [0.15, 0.2) is 11.5 Å². The van der Waals surface area contributed by atoms with Crippen LogP contribution in [0.3, 0.4) is 0 Å². The van der Waals surface area contributed by atoms with E-state index in [1.54, 1.807) is 0 Å². The molecule has 26 heavy (non-hydrogen) atoms. The number of nitrogens with zero attached hydrogens (tertiary/aromatic N) is 2. The molecule has 0 radical (unpaired) electrons. The van der Waals surface area contributed by atoms with Crippen molar-refractivity contribution >= 4 is 0 Å². The van der Waals surface area contributed by atoms with E-state index in [2.05, 4.69) is 59.3 Å². The Balaban J connectivity index is 1.35. The van der Waals surface area contributed by atoms with Gasteiger partial charge in [0.2, 0.25) is 6.79 Å². The van der Waals surface area contributed by atoms with E-state index in [-0.39, 0.29) is 0 Å². The summed E-state index contributed by atoms with van der Waals surface area (Å²) in [6, 6.07) is 15.8. The lowest BCUT2D eigenvalue weighted by molar-refractivity contribution is 0.163. The van der Waals surface area contributed by atoms with Crippen molar-refractivity contribution in [2.45, 2.75) is 24.8 Å². The van der Waals surface area contributed by atoms with Gasteiger partial charge in [-0.2, -0.15) is 0 Å². The average Bonchev–Trinajstić information content (AvgIpc) is 3.34. The van der Waals surface area contributed by atoms with Crippen LogP contribution in [0.25, 0.3) is 0 Å². The Kier molecular flexibility index (Phi) is 4.10. The topological polar surface area (TPSA) is 24.9 Å². The number of hydrogen-bond donors (Lipinski definition) is 0. The molecule has 2 aromatic carbocycles. The number of fused-ring (bicyclic) bond motifs is 3. The minimum absolute atomic E-state index is 0.358. The Morgan fingerprint density at radius 1 is 1.04 bits per heavy atom. The first-order chi connectivity index (χ1) is 12.8. The Hall–Kier alpha value is -2.04. The zero-order valence-electron chi connectivity index (χ0n) is 15.4. The molecular formula is C22H26N2O2. The standard InChI is InChI=1S/C22H26N2O2/c1-23-11-10-19-18(7-8-21-22(19)26-15-25-21)20(23)14-24-12-9-17(13-24)16-5-3-2-4-6-16/h2-8,17,20H,9-15H2,1H3/t17-,20-/m0/s1. The van der Waals surface area contributed by atoms with E-state index < -0.39 is 0 Å². The van der Waals surface area contributed by atoms with Gasteiger partial charge in [-0.05, 0) is 49.5 Å². The van der Waals surface area contributed by atoms with E-state index >= 15 is 0 Å². The lowest BCUT2D eigenvalue weighted by Gasteiger charge is -2.37. The molecule has 4 nitrogen and oxygen atoms in total. The molecule has 0 unspecified atom stereocenters. The van der Waals surface area contributed by atoms with Gasteiger partial charge in [-0.3, -0.25) is 4.90 Å². The largest absolute Gasteiger partial charge is 0.454 e. The van der Waals surface area contributed by atoms with Crippen molar-refractivity contribution in [2.75, 3.05) is 40.0 Å². The molecule has 0 bridgehead atoms. The molecule has 1 fully saturated rings. The van der Waals surface area contributed by atoms with Crippen LogP contribution < -0.4 is 9.47 Å². The summed E-state index contributed by atoms with van der Waals surface area (Å²) in [6.07, 6.45) is 2.30. The quantitative estimate of drug-likeness (QED) is 0.847. The molecule has 3 aliphatic heterocycles.